The second-order valence-corrected chi connectivity index (χ2v) is 4.85. The highest BCUT2D eigenvalue weighted by Gasteiger charge is 2.21. The Hall–Kier alpha value is -1.75. The predicted octanol–water partition coefficient (Wildman–Crippen LogP) is 0.872. The van der Waals surface area contributed by atoms with Crippen molar-refractivity contribution in [3.63, 3.8) is 0 Å². The molecule has 1 amide bonds. The summed E-state index contributed by atoms with van der Waals surface area (Å²) in [5.41, 5.74) is 8.93. The molecule has 1 aliphatic heterocycles. The highest BCUT2D eigenvalue weighted by Crippen LogP contribution is 2.23. The molecule has 1 aliphatic rings. The smallest absolute Gasteiger partial charge is 0.248 e. The summed E-state index contributed by atoms with van der Waals surface area (Å²) in [6, 6.07) is 5.96. The van der Waals surface area contributed by atoms with Gasteiger partial charge in [-0.2, -0.15) is 0 Å². The fraction of sp³-hybridized carbons (Fsp3) is 0.500. The molecule has 0 aliphatic carbocycles. The molecule has 1 aromatic carbocycles. The minimum absolute atomic E-state index is 0.0659. The van der Waals surface area contributed by atoms with Gasteiger partial charge in [0.25, 0.3) is 0 Å². The molecular formula is C14H21N3O2. The first-order valence-corrected chi connectivity index (χ1v) is 6.49. The molecule has 1 aromatic rings. The van der Waals surface area contributed by atoms with E-state index in [4.69, 9.17) is 10.5 Å². The number of aryl methyl sites for hydroxylation is 1. The van der Waals surface area contributed by atoms with Gasteiger partial charge in [0.05, 0.1) is 0 Å². The third kappa shape index (κ3) is 3.17. The van der Waals surface area contributed by atoms with Crippen molar-refractivity contribution in [2.75, 3.05) is 50.5 Å². The van der Waals surface area contributed by atoms with Crippen LogP contribution in [-0.2, 0) is 9.53 Å². The van der Waals surface area contributed by atoms with Crippen LogP contribution >= 0.6 is 0 Å². The molecule has 0 aromatic heterocycles. The zero-order chi connectivity index (χ0) is 13.8. The Balaban J connectivity index is 1.98. The van der Waals surface area contributed by atoms with Crippen LogP contribution in [0.15, 0.2) is 18.2 Å². The van der Waals surface area contributed by atoms with Crippen LogP contribution in [0, 0.1) is 6.92 Å². The number of rotatable bonds is 3. The molecule has 5 heteroatoms. The SMILES string of the molecule is COCC(=O)N1CCN(c2ccc(N)cc2C)CC1. The van der Waals surface area contributed by atoms with E-state index in [1.54, 1.807) is 7.11 Å². The largest absolute Gasteiger partial charge is 0.399 e. The molecule has 1 saturated heterocycles. The molecule has 0 bridgehead atoms. The number of hydrogen-bond acceptors (Lipinski definition) is 4. The van der Waals surface area contributed by atoms with E-state index < -0.39 is 0 Å². The summed E-state index contributed by atoms with van der Waals surface area (Å²) in [7, 11) is 1.55. The second kappa shape index (κ2) is 5.93. The number of methoxy groups -OCH3 is 1. The van der Waals surface area contributed by atoms with E-state index in [0.717, 1.165) is 31.9 Å². The van der Waals surface area contributed by atoms with Gasteiger partial charge in [-0.05, 0) is 30.7 Å². The molecule has 2 N–H and O–H groups in total. The van der Waals surface area contributed by atoms with Gasteiger partial charge in [-0.15, -0.1) is 0 Å². The molecule has 104 valence electrons. The molecule has 5 nitrogen and oxygen atoms in total. The lowest BCUT2D eigenvalue weighted by molar-refractivity contribution is -0.135. The number of carbonyl (C=O) groups excluding carboxylic acids is 1. The normalized spacial score (nSPS) is 15.7. The first-order chi connectivity index (χ1) is 9.11. The lowest BCUT2D eigenvalue weighted by Crippen LogP contribution is -2.49. The second-order valence-electron chi connectivity index (χ2n) is 4.85. The third-order valence-electron chi connectivity index (χ3n) is 3.46. The zero-order valence-corrected chi connectivity index (χ0v) is 11.6. The Labute approximate surface area is 113 Å². The Morgan fingerprint density at radius 2 is 2.00 bits per heavy atom. The van der Waals surface area contributed by atoms with E-state index in [9.17, 15) is 4.79 Å². The summed E-state index contributed by atoms with van der Waals surface area (Å²) in [6.45, 7) is 5.41. The maximum absolute atomic E-state index is 11.7. The van der Waals surface area contributed by atoms with Crippen molar-refractivity contribution < 1.29 is 9.53 Å². The van der Waals surface area contributed by atoms with Gasteiger partial charge >= 0.3 is 0 Å². The van der Waals surface area contributed by atoms with Crippen molar-refractivity contribution in [3.05, 3.63) is 23.8 Å². The minimum Gasteiger partial charge on any atom is -0.399 e. The first-order valence-electron chi connectivity index (χ1n) is 6.49. The van der Waals surface area contributed by atoms with Crippen LogP contribution < -0.4 is 10.6 Å². The highest BCUT2D eigenvalue weighted by molar-refractivity contribution is 5.77. The van der Waals surface area contributed by atoms with Gasteiger partial charge in [0, 0.05) is 44.7 Å². The van der Waals surface area contributed by atoms with Crippen LogP contribution in [0.25, 0.3) is 0 Å². The van der Waals surface area contributed by atoms with Gasteiger partial charge < -0.3 is 20.3 Å². The lowest BCUT2D eigenvalue weighted by atomic mass is 10.1. The average Bonchev–Trinajstić information content (AvgIpc) is 2.39. The van der Waals surface area contributed by atoms with Gasteiger partial charge in [-0.1, -0.05) is 0 Å². The quantitative estimate of drug-likeness (QED) is 0.822. The fourth-order valence-electron chi connectivity index (χ4n) is 2.44. The van der Waals surface area contributed by atoms with Crippen LogP contribution in [0.2, 0.25) is 0 Å². The number of ether oxygens (including phenoxy) is 1. The number of piperazine rings is 1. The molecule has 0 saturated carbocycles. The number of nitrogens with two attached hydrogens (primary N) is 1. The van der Waals surface area contributed by atoms with Crippen LogP contribution in [-0.4, -0.2) is 50.7 Å². The van der Waals surface area contributed by atoms with Crippen molar-refractivity contribution in [3.8, 4) is 0 Å². The number of benzene rings is 1. The molecule has 0 unspecified atom stereocenters. The minimum atomic E-state index is 0.0659. The Morgan fingerprint density at radius 3 is 2.58 bits per heavy atom. The van der Waals surface area contributed by atoms with Gasteiger partial charge in [0.2, 0.25) is 5.91 Å². The van der Waals surface area contributed by atoms with E-state index in [1.807, 2.05) is 17.0 Å². The Kier molecular flexibility index (Phi) is 4.27. The number of nitrogens with zero attached hydrogens (tertiary/aromatic N) is 2. The number of nitrogen functional groups attached to an aromatic ring is 1. The Morgan fingerprint density at radius 1 is 1.32 bits per heavy atom. The zero-order valence-electron chi connectivity index (χ0n) is 11.6. The maximum atomic E-state index is 11.7. The fourth-order valence-corrected chi connectivity index (χ4v) is 2.44. The standard InChI is InChI=1S/C14H21N3O2/c1-11-9-12(15)3-4-13(11)16-5-7-17(8-6-16)14(18)10-19-2/h3-4,9H,5-8,10,15H2,1-2H3. The summed E-state index contributed by atoms with van der Waals surface area (Å²) in [5.74, 6) is 0.0659. The van der Waals surface area contributed by atoms with E-state index >= 15 is 0 Å². The summed E-state index contributed by atoms with van der Waals surface area (Å²) in [5, 5.41) is 0. The third-order valence-corrected chi connectivity index (χ3v) is 3.46. The van der Waals surface area contributed by atoms with E-state index in [0.29, 0.717) is 0 Å². The summed E-state index contributed by atoms with van der Waals surface area (Å²) in [4.78, 5) is 15.9. The number of anilines is 2. The lowest BCUT2D eigenvalue weighted by Gasteiger charge is -2.36. The number of hydrogen-bond donors (Lipinski definition) is 1. The van der Waals surface area contributed by atoms with Crippen molar-refractivity contribution >= 4 is 17.3 Å². The van der Waals surface area contributed by atoms with Crippen LogP contribution in [0.4, 0.5) is 11.4 Å². The highest BCUT2D eigenvalue weighted by atomic mass is 16.5. The van der Waals surface area contributed by atoms with E-state index in [1.165, 1.54) is 11.3 Å². The van der Waals surface area contributed by atoms with Crippen molar-refractivity contribution in [2.24, 2.45) is 0 Å². The summed E-state index contributed by atoms with van der Waals surface area (Å²) < 4.78 is 4.88. The molecule has 1 heterocycles. The maximum Gasteiger partial charge on any atom is 0.248 e. The molecule has 0 atom stereocenters. The number of amides is 1. The van der Waals surface area contributed by atoms with Gasteiger partial charge in [0.1, 0.15) is 6.61 Å². The molecule has 19 heavy (non-hydrogen) atoms. The van der Waals surface area contributed by atoms with E-state index in [-0.39, 0.29) is 12.5 Å². The summed E-state index contributed by atoms with van der Waals surface area (Å²) in [6.07, 6.45) is 0. The Bertz CT molecular complexity index is 454. The van der Waals surface area contributed by atoms with Crippen LogP contribution in [0.1, 0.15) is 5.56 Å². The van der Waals surface area contributed by atoms with Gasteiger partial charge in [-0.3, -0.25) is 4.79 Å². The summed E-state index contributed by atoms with van der Waals surface area (Å²) >= 11 is 0. The van der Waals surface area contributed by atoms with Crippen LogP contribution in [0.5, 0.6) is 0 Å². The average molecular weight is 263 g/mol. The predicted molar refractivity (Wildman–Crippen MR) is 76.3 cm³/mol. The van der Waals surface area contributed by atoms with Crippen molar-refractivity contribution in [1.29, 1.82) is 0 Å². The monoisotopic (exact) mass is 263 g/mol. The van der Waals surface area contributed by atoms with E-state index in [2.05, 4.69) is 17.9 Å². The van der Waals surface area contributed by atoms with Crippen LogP contribution in [0.3, 0.4) is 0 Å². The van der Waals surface area contributed by atoms with Crippen molar-refractivity contribution in [1.82, 2.24) is 4.90 Å². The number of carbonyl (C=O) groups is 1. The molecule has 0 radical (unpaired) electrons. The molecular weight excluding hydrogens is 242 g/mol. The molecule has 2 rings (SSSR count). The topological polar surface area (TPSA) is 58.8 Å². The first kappa shape index (κ1) is 13.7. The van der Waals surface area contributed by atoms with Crippen molar-refractivity contribution in [2.45, 2.75) is 6.92 Å². The molecule has 1 fully saturated rings. The molecule has 0 spiro atoms. The van der Waals surface area contributed by atoms with Gasteiger partial charge in [-0.25, -0.2) is 0 Å². The van der Waals surface area contributed by atoms with Gasteiger partial charge in [0.15, 0.2) is 0 Å².